The molecule has 142 valence electrons. The summed E-state index contributed by atoms with van der Waals surface area (Å²) in [5.74, 6) is 1.14. The largest absolute Gasteiger partial charge is 0.419 e. The van der Waals surface area contributed by atoms with Crippen LogP contribution in [0.25, 0.3) is 11.5 Å². The summed E-state index contributed by atoms with van der Waals surface area (Å²) in [5.41, 5.74) is 4.58. The van der Waals surface area contributed by atoms with Gasteiger partial charge in [0, 0.05) is 10.4 Å². The molecule has 4 rings (SSSR count). The van der Waals surface area contributed by atoms with Gasteiger partial charge >= 0.3 is 0 Å². The fraction of sp³-hybridized carbons (Fsp3) is 0.217. The van der Waals surface area contributed by atoms with Gasteiger partial charge in [0.15, 0.2) is 0 Å². The van der Waals surface area contributed by atoms with Crippen molar-refractivity contribution in [2.45, 2.75) is 32.9 Å². The minimum absolute atomic E-state index is 0.0740. The molecule has 0 aliphatic rings. The summed E-state index contributed by atoms with van der Waals surface area (Å²) in [6, 6.07) is 20.9. The molecule has 0 saturated heterocycles. The van der Waals surface area contributed by atoms with E-state index in [0.717, 1.165) is 5.56 Å². The highest BCUT2D eigenvalue weighted by Crippen LogP contribution is 2.30. The minimum Gasteiger partial charge on any atom is -0.419 e. The lowest BCUT2D eigenvalue weighted by atomic mass is 10.0. The van der Waals surface area contributed by atoms with Crippen LogP contribution < -0.4 is 5.32 Å². The van der Waals surface area contributed by atoms with E-state index in [1.807, 2.05) is 12.1 Å². The van der Waals surface area contributed by atoms with Crippen molar-refractivity contribution in [1.29, 1.82) is 0 Å². The molecule has 0 radical (unpaired) electrons. The van der Waals surface area contributed by atoms with Crippen molar-refractivity contribution in [3.05, 3.63) is 93.5 Å². The predicted octanol–water partition coefficient (Wildman–Crippen LogP) is 5.86. The van der Waals surface area contributed by atoms with Gasteiger partial charge in [-0.05, 0) is 49.9 Å². The van der Waals surface area contributed by atoms with Crippen LogP contribution in [0.5, 0.6) is 0 Å². The third-order valence-corrected chi connectivity index (χ3v) is 5.67. The third-order valence-electron chi connectivity index (χ3n) is 4.73. The maximum absolute atomic E-state index is 5.98. The zero-order valence-corrected chi connectivity index (χ0v) is 17.0. The highest BCUT2D eigenvalue weighted by molar-refractivity contribution is 7.10. The fourth-order valence-electron chi connectivity index (χ4n) is 3.18. The molecule has 0 amide bonds. The van der Waals surface area contributed by atoms with Crippen molar-refractivity contribution in [3.8, 4) is 11.5 Å². The van der Waals surface area contributed by atoms with Gasteiger partial charge < -0.3 is 4.42 Å². The van der Waals surface area contributed by atoms with Crippen molar-refractivity contribution in [3.63, 3.8) is 0 Å². The van der Waals surface area contributed by atoms with E-state index in [1.54, 1.807) is 11.3 Å². The average molecular weight is 390 g/mol. The molecular weight excluding hydrogens is 366 g/mol. The zero-order chi connectivity index (χ0) is 19.5. The van der Waals surface area contributed by atoms with E-state index in [9.17, 15) is 0 Å². The average Bonchev–Trinajstić information content (AvgIpc) is 3.39. The minimum atomic E-state index is -0.0838. The van der Waals surface area contributed by atoms with E-state index < -0.39 is 0 Å². The van der Waals surface area contributed by atoms with Gasteiger partial charge in [-0.3, -0.25) is 5.32 Å². The van der Waals surface area contributed by atoms with Crippen LogP contribution in [0.1, 0.15) is 46.5 Å². The maximum atomic E-state index is 5.98. The van der Waals surface area contributed by atoms with Gasteiger partial charge in [0.2, 0.25) is 11.8 Å². The first kappa shape index (κ1) is 18.6. The van der Waals surface area contributed by atoms with Gasteiger partial charge in [0.1, 0.15) is 0 Å². The molecule has 2 aromatic heterocycles. The van der Waals surface area contributed by atoms with Gasteiger partial charge in [0.25, 0.3) is 0 Å². The molecule has 0 fully saturated rings. The molecule has 4 aromatic rings. The second kappa shape index (κ2) is 8.09. The number of aromatic nitrogens is 2. The number of rotatable bonds is 6. The molecule has 2 aromatic carbocycles. The Hall–Kier alpha value is -2.76. The summed E-state index contributed by atoms with van der Waals surface area (Å²) >= 11 is 1.74. The summed E-state index contributed by atoms with van der Waals surface area (Å²) in [5, 5.41) is 14.3. The Bertz CT molecular complexity index is 1040. The number of hydrogen-bond donors (Lipinski definition) is 1. The normalized spacial score (nSPS) is 13.4. The molecule has 0 saturated carbocycles. The van der Waals surface area contributed by atoms with E-state index in [2.05, 4.69) is 90.2 Å². The van der Waals surface area contributed by atoms with Crippen LogP contribution in [0, 0.1) is 13.8 Å². The van der Waals surface area contributed by atoms with Crippen LogP contribution in [-0.2, 0) is 0 Å². The number of thiophene rings is 1. The quantitative estimate of drug-likeness (QED) is 0.449. The highest BCUT2D eigenvalue weighted by Gasteiger charge is 2.22. The SMILES string of the molecule is Cc1ccc([C@@H](N[C@H](C)c2nnc(-c3cccc(C)c3)o2)c2cccs2)cc1. The van der Waals surface area contributed by atoms with Crippen LogP contribution in [0.3, 0.4) is 0 Å². The van der Waals surface area contributed by atoms with Crippen LogP contribution in [0.15, 0.2) is 70.5 Å². The number of aryl methyl sites for hydroxylation is 2. The molecule has 28 heavy (non-hydrogen) atoms. The van der Waals surface area contributed by atoms with Gasteiger partial charge in [-0.2, -0.15) is 0 Å². The molecular formula is C23H23N3OS. The van der Waals surface area contributed by atoms with Gasteiger partial charge in [-0.1, -0.05) is 53.6 Å². The smallest absolute Gasteiger partial charge is 0.247 e. The Kier molecular flexibility index (Phi) is 5.37. The van der Waals surface area contributed by atoms with Crippen molar-refractivity contribution in [2.24, 2.45) is 0 Å². The van der Waals surface area contributed by atoms with Gasteiger partial charge in [-0.15, -0.1) is 21.5 Å². The van der Waals surface area contributed by atoms with E-state index in [-0.39, 0.29) is 12.1 Å². The predicted molar refractivity (Wildman–Crippen MR) is 113 cm³/mol. The first-order chi connectivity index (χ1) is 13.6. The monoisotopic (exact) mass is 389 g/mol. The van der Waals surface area contributed by atoms with Gasteiger partial charge in [0.05, 0.1) is 12.1 Å². The highest BCUT2D eigenvalue weighted by atomic mass is 32.1. The molecule has 0 unspecified atom stereocenters. The summed E-state index contributed by atoms with van der Waals surface area (Å²) in [6.45, 7) is 6.21. The summed E-state index contributed by atoms with van der Waals surface area (Å²) < 4.78 is 5.98. The molecule has 5 heteroatoms. The molecule has 1 N–H and O–H groups in total. The van der Waals surface area contributed by atoms with Crippen LogP contribution in [0.2, 0.25) is 0 Å². The zero-order valence-electron chi connectivity index (χ0n) is 16.2. The topological polar surface area (TPSA) is 51.0 Å². The molecule has 0 aliphatic carbocycles. The van der Waals surface area contributed by atoms with Crippen molar-refractivity contribution < 1.29 is 4.42 Å². The molecule has 0 spiro atoms. The lowest BCUT2D eigenvalue weighted by Gasteiger charge is -2.21. The van der Waals surface area contributed by atoms with Crippen molar-refractivity contribution in [1.82, 2.24) is 15.5 Å². The number of hydrogen-bond acceptors (Lipinski definition) is 5. The Morgan fingerprint density at radius 1 is 0.929 bits per heavy atom. The van der Waals surface area contributed by atoms with Gasteiger partial charge in [-0.25, -0.2) is 0 Å². The first-order valence-corrected chi connectivity index (χ1v) is 10.2. The van der Waals surface area contributed by atoms with E-state index >= 15 is 0 Å². The molecule has 0 bridgehead atoms. The lowest BCUT2D eigenvalue weighted by molar-refractivity contribution is 0.405. The fourth-order valence-corrected chi connectivity index (χ4v) is 3.99. The van der Waals surface area contributed by atoms with E-state index in [1.165, 1.54) is 21.6 Å². The van der Waals surface area contributed by atoms with Crippen LogP contribution in [-0.4, -0.2) is 10.2 Å². The molecule has 0 aliphatic heterocycles. The van der Waals surface area contributed by atoms with E-state index in [0.29, 0.717) is 11.8 Å². The second-order valence-corrected chi connectivity index (χ2v) is 8.04. The van der Waals surface area contributed by atoms with E-state index in [4.69, 9.17) is 4.42 Å². The third kappa shape index (κ3) is 4.06. The molecule has 2 atom stereocenters. The Labute approximate surface area is 169 Å². The number of nitrogens with one attached hydrogen (secondary N) is 1. The summed E-state index contributed by atoms with van der Waals surface area (Å²) in [4.78, 5) is 1.26. The summed E-state index contributed by atoms with van der Waals surface area (Å²) in [6.07, 6.45) is 0. The summed E-state index contributed by atoms with van der Waals surface area (Å²) in [7, 11) is 0. The van der Waals surface area contributed by atoms with Crippen LogP contribution >= 0.6 is 11.3 Å². The van der Waals surface area contributed by atoms with Crippen molar-refractivity contribution >= 4 is 11.3 Å². The maximum Gasteiger partial charge on any atom is 0.247 e. The standard InChI is InChI=1S/C23H23N3OS/c1-15-9-11-18(12-10-15)21(20-8-5-13-28-20)24-17(3)22-25-26-23(27-22)19-7-4-6-16(2)14-19/h4-14,17,21,24H,1-3H3/t17-,21-/m1/s1. The Morgan fingerprint density at radius 3 is 2.46 bits per heavy atom. The molecule has 2 heterocycles. The number of nitrogens with zero attached hydrogens (tertiary/aromatic N) is 2. The Balaban J connectivity index is 1.58. The first-order valence-electron chi connectivity index (χ1n) is 9.36. The lowest BCUT2D eigenvalue weighted by Crippen LogP contribution is -2.25. The van der Waals surface area contributed by atoms with Crippen LogP contribution in [0.4, 0.5) is 0 Å². The molecule has 4 nitrogen and oxygen atoms in total. The second-order valence-electron chi connectivity index (χ2n) is 7.06. The Morgan fingerprint density at radius 2 is 1.75 bits per heavy atom. The number of benzene rings is 2. The van der Waals surface area contributed by atoms with Crippen molar-refractivity contribution in [2.75, 3.05) is 0 Å².